The first-order valence-electron chi connectivity index (χ1n) is 17.1. The number of aliphatic hydroxyl groups is 7. The van der Waals surface area contributed by atoms with Gasteiger partial charge in [-0.15, -0.1) is 0 Å². The third-order valence-corrected chi connectivity index (χ3v) is 15.2. The molecule has 0 radical (unpaired) electrons. The highest BCUT2D eigenvalue weighted by Gasteiger charge is 2.72. The lowest BCUT2D eigenvalue weighted by atomic mass is 9.33. The number of allylic oxidation sites excluding steroid dienone is 1. The largest absolute Gasteiger partial charge is 0.432 e. The second-order valence-corrected chi connectivity index (χ2v) is 17.4. The van der Waals surface area contributed by atoms with Crippen molar-refractivity contribution in [3.8, 4) is 0 Å². The van der Waals surface area contributed by atoms with Crippen LogP contribution in [0.25, 0.3) is 0 Å². The molecule has 0 amide bonds. The predicted molar refractivity (Wildman–Crippen MR) is 163 cm³/mol. The molecule has 7 N–H and O–H groups in total. The normalized spacial score (nSPS) is 57.4. The molecule has 6 aliphatic rings. The molecule has 5 aliphatic carbocycles. The van der Waals surface area contributed by atoms with Gasteiger partial charge in [-0.25, -0.2) is 0 Å². The molecule has 256 valence electrons. The summed E-state index contributed by atoms with van der Waals surface area (Å²) in [5, 5.41) is 75.3. The molecule has 16 atom stereocenters. The second-order valence-electron chi connectivity index (χ2n) is 17.4. The van der Waals surface area contributed by atoms with Gasteiger partial charge < -0.3 is 45.2 Å². The molecule has 1 aliphatic heterocycles. The number of esters is 1. The fourth-order valence-corrected chi connectivity index (χ4v) is 12.1. The van der Waals surface area contributed by atoms with E-state index in [1.165, 1.54) is 0 Å². The molecule has 10 heteroatoms. The van der Waals surface area contributed by atoms with Gasteiger partial charge in [0, 0.05) is 5.92 Å². The maximum Gasteiger partial charge on any atom is 0.315 e. The topological polar surface area (TPSA) is 177 Å². The Morgan fingerprint density at radius 3 is 2.20 bits per heavy atom. The quantitative estimate of drug-likeness (QED) is 0.176. The van der Waals surface area contributed by atoms with Crippen LogP contribution in [0.2, 0.25) is 0 Å². The van der Waals surface area contributed by atoms with Gasteiger partial charge in [-0.2, -0.15) is 0 Å². The number of rotatable bonds is 2. The van der Waals surface area contributed by atoms with Crippen molar-refractivity contribution in [1.82, 2.24) is 0 Å². The van der Waals surface area contributed by atoms with Gasteiger partial charge in [-0.3, -0.25) is 4.79 Å². The van der Waals surface area contributed by atoms with Gasteiger partial charge in [0.2, 0.25) is 6.29 Å². The van der Waals surface area contributed by atoms with Crippen LogP contribution in [0.15, 0.2) is 11.6 Å². The van der Waals surface area contributed by atoms with Crippen LogP contribution in [0.1, 0.15) is 99.8 Å². The molecule has 6 rings (SSSR count). The Kier molecular flexibility index (Phi) is 7.84. The predicted octanol–water partition coefficient (Wildman–Crippen LogP) is 2.39. The fourth-order valence-electron chi connectivity index (χ4n) is 12.1. The van der Waals surface area contributed by atoms with Gasteiger partial charge in [-0.1, -0.05) is 53.2 Å². The minimum Gasteiger partial charge on any atom is -0.432 e. The van der Waals surface area contributed by atoms with Crippen molar-refractivity contribution in [3.05, 3.63) is 11.6 Å². The summed E-state index contributed by atoms with van der Waals surface area (Å²) < 4.78 is 11.0. The van der Waals surface area contributed by atoms with E-state index in [1.54, 1.807) is 0 Å². The minimum atomic E-state index is -1.84. The average molecular weight is 637 g/mol. The van der Waals surface area contributed by atoms with E-state index in [0.717, 1.165) is 24.8 Å². The first kappa shape index (κ1) is 33.8. The summed E-state index contributed by atoms with van der Waals surface area (Å²) in [6.45, 7) is 15.0. The zero-order valence-corrected chi connectivity index (χ0v) is 27.9. The molecular formula is C35H56O10. The summed E-state index contributed by atoms with van der Waals surface area (Å²) in [6.07, 6.45) is -2.78. The maximum absolute atomic E-state index is 14.3. The molecule has 0 unspecified atom stereocenters. The number of aliphatic hydroxyl groups excluding tert-OH is 6. The lowest BCUT2D eigenvalue weighted by Gasteiger charge is -2.72. The van der Waals surface area contributed by atoms with E-state index in [9.17, 15) is 40.5 Å². The van der Waals surface area contributed by atoms with Crippen molar-refractivity contribution >= 4 is 5.97 Å². The first-order valence-corrected chi connectivity index (χ1v) is 17.1. The van der Waals surface area contributed by atoms with E-state index in [0.29, 0.717) is 32.1 Å². The van der Waals surface area contributed by atoms with Crippen LogP contribution in [-0.2, 0) is 14.3 Å². The van der Waals surface area contributed by atoms with Crippen LogP contribution in [0.3, 0.4) is 0 Å². The molecule has 0 bridgehead atoms. The van der Waals surface area contributed by atoms with Gasteiger partial charge >= 0.3 is 5.97 Å². The molecule has 0 aromatic carbocycles. The van der Waals surface area contributed by atoms with Gasteiger partial charge in [0.15, 0.2) is 6.29 Å². The van der Waals surface area contributed by atoms with Crippen molar-refractivity contribution in [1.29, 1.82) is 0 Å². The van der Waals surface area contributed by atoms with Crippen LogP contribution in [0, 0.1) is 50.7 Å². The number of hydrogen-bond donors (Lipinski definition) is 7. The van der Waals surface area contributed by atoms with Crippen LogP contribution in [0.4, 0.5) is 0 Å². The van der Waals surface area contributed by atoms with Crippen molar-refractivity contribution in [3.63, 3.8) is 0 Å². The van der Waals surface area contributed by atoms with Gasteiger partial charge in [0.25, 0.3) is 0 Å². The molecule has 5 fully saturated rings. The Bertz CT molecular complexity index is 1230. The zero-order valence-electron chi connectivity index (χ0n) is 27.9. The van der Waals surface area contributed by atoms with E-state index in [4.69, 9.17) is 9.47 Å². The maximum atomic E-state index is 14.3. The Labute approximate surface area is 266 Å². The Balaban J connectivity index is 1.40. The smallest absolute Gasteiger partial charge is 0.315 e. The number of ether oxygens (including phenoxy) is 2. The molecule has 4 saturated carbocycles. The van der Waals surface area contributed by atoms with Gasteiger partial charge in [-0.05, 0) is 97.7 Å². The van der Waals surface area contributed by atoms with E-state index >= 15 is 0 Å². The average Bonchev–Trinajstić information content (AvgIpc) is 2.95. The number of fused-ring (bicyclic) bond motifs is 7. The number of carbonyl (C=O) groups is 1. The van der Waals surface area contributed by atoms with Crippen molar-refractivity contribution < 1.29 is 50.0 Å². The first-order chi connectivity index (χ1) is 20.7. The molecule has 1 saturated heterocycles. The highest BCUT2D eigenvalue weighted by molar-refractivity contribution is 5.79. The van der Waals surface area contributed by atoms with Crippen molar-refractivity contribution in [2.75, 3.05) is 0 Å². The monoisotopic (exact) mass is 636 g/mol. The van der Waals surface area contributed by atoms with E-state index < -0.39 is 71.4 Å². The van der Waals surface area contributed by atoms with E-state index in [2.05, 4.69) is 40.7 Å². The summed E-state index contributed by atoms with van der Waals surface area (Å²) in [4.78, 5) is 14.3. The van der Waals surface area contributed by atoms with Crippen LogP contribution in [-0.4, -0.2) is 90.4 Å². The van der Waals surface area contributed by atoms with E-state index in [1.807, 2.05) is 13.8 Å². The summed E-state index contributed by atoms with van der Waals surface area (Å²) in [5.74, 6) is -0.848. The Morgan fingerprint density at radius 2 is 1.53 bits per heavy atom. The second kappa shape index (κ2) is 10.4. The van der Waals surface area contributed by atoms with E-state index in [-0.39, 0.29) is 34.0 Å². The SMILES string of the molecule is C[C@@H]1CC[C@]2(C(=O)O[C@@H]3O[C@H](O)[C@@H](O)[C@H](O)[C@H]3O)CC[C@]3(C)C(=CC[C@@H]4[C@@]5(C)C[C@@H](O)[C@H](O)C(C)(C)[C@@H]5CC[C@]43C)[C@@H]2[C@]1(C)O. The summed E-state index contributed by atoms with van der Waals surface area (Å²) in [7, 11) is 0. The summed E-state index contributed by atoms with van der Waals surface area (Å²) in [5.41, 5.74) is -2.49. The zero-order chi connectivity index (χ0) is 33.3. The Morgan fingerprint density at radius 1 is 0.867 bits per heavy atom. The number of hydrogen-bond acceptors (Lipinski definition) is 10. The summed E-state index contributed by atoms with van der Waals surface area (Å²) >= 11 is 0. The minimum absolute atomic E-state index is 0.100. The molecular weight excluding hydrogens is 580 g/mol. The third kappa shape index (κ3) is 4.32. The highest BCUT2D eigenvalue weighted by Crippen LogP contribution is 2.76. The third-order valence-electron chi connectivity index (χ3n) is 15.2. The lowest BCUT2D eigenvalue weighted by Crippen LogP contribution is -2.69. The van der Waals surface area contributed by atoms with Crippen molar-refractivity contribution in [2.45, 2.75) is 149 Å². The lowest BCUT2D eigenvalue weighted by molar-refractivity contribution is -0.335. The van der Waals surface area contributed by atoms with Gasteiger partial charge in [0.1, 0.15) is 18.3 Å². The number of carbonyl (C=O) groups excluding carboxylic acids is 1. The molecule has 0 spiro atoms. The van der Waals surface area contributed by atoms with Crippen LogP contribution >= 0.6 is 0 Å². The van der Waals surface area contributed by atoms with Crippen LogP contribution < -0.4 is 0 Å². The summed E-state index contributed by atoms with van der Waals surface area (Å²) in [6, 6.07) is 0. The molecule has 10 nitrogen and oxygen atoms in total. The molecule has 1 heterocycles. The van der Waals surface area contributed by atoms with Crippen molar-refractivity contribution in [2.24, 2.45) is 50.7 Å². The van der Waals surface area contributed by atoms with Gasteiger partial charge in [0.05, 0.1) is 23.2 Å². The Hall–Kier alpha value is -1.11. The fraction of sp³-hybridized carbons (Fsp3) is 0.914. The standard InChI is InChI=1S/C35H56O10/c1-17-10-13-35(29(42)45-28-24(39)22(37)23(38)27(41)44-28)15-14-32(5)18(25(35)34(17,7)43)8-9-21-31(4)16-19(36)26(40)30(2,3)20(31)11-12-33(21,32)6/h8,17,19-28,36-41,43H,9-16H2,1-7H3/t17-,19-,20+,21-,22+,23+,24-,25-,26+,27+,28+,31+,32-,33-,34-,35+/m1/s1. The molecule has 0 aromatic heterocycles. The molecule has 0 aromatic rings. The van der Waals surface area contributed by atoms with Crippen LogP contribution in [0.5, 0.6) is 0 Å². The molecule has 45 heavy (non-hydrogen) atoms. The highest BCUT2D eigenvalue weighted by atomic mass is 16.8.